The van der Waals surface area contributed by atoms with Crippen molar-refractivity contribution in [3.05, 3.63) is 70.8 Å². The molecule has 172 valence electrons. The number of carbonyl (C=O) groups excluding carboxylic acids is 3. The van der Waals surface area contributed by atoms with Crippen LogP contribution in [-0.2, 0) is 16.1 Å². The largest absolute Gasteiger partial charge is 0.394 e. The monoisotopic (exact) mass is 447 g/mol. The molecule has 0 aromatic heterocycles. The molecule has 0 spiro atoms. The number of amides is 3. The summed E-state index contributed by atoms with van der Waals surface area (Å²) in [5.74, 6) is -0.377. The normalized spacial score (nSPS) is 22.9. The molecule has 3 aliphatic heterocycles. The Morgan fingerprint density at radius 2 is 1.76 bits per heavy atom. The van der Waals surface area contributed by atoms with Gasteiger partial charge in [-0.25, -0.2) is 0 Å². The van der Waals surface area contributed by atoms with Crippen LogP contribution in [0.25, 0.3) is 0 Å². The zero-order chi connectivity index (χ0) is 22.9. The third kappa shape index (κ3) is 4.18. The van der Waals surface area contributed by atoms with E-state index in [2.05, 4.69) is 28.4 Å². The standard InChI is InChI=1S/C26H29N3O4/c30-16-23(18-4-2-1-3-5-18)28-12-10-17(11-13-28)19-6-7-21-20(14-19)15-29(26(21)33)22-8-9-24(31)27-25(22)32/h1-7,14,17,22-23,30H,8-13,15-16H2,(H,27,31,32)/t22?,23-/m1/s1. The number of likely N-dealkylation sites (tertiary alicyclic amines) is 1. The Kier molecular flexibility index (Phi) is 6.00. The van der Waals surface area contributed by atoms with Gasteiger partial charge in [0.05, 0.1) is 12.6 Å². The van der Waals surface area contributed by atoms with E-state index in [1.807, 2.05) is 30.3 Å². The topological polar surface area (TPSA) is 90.0 Å². The van der Waals surface area contributed by atoms with Crippen molar-refractivity contribution in [1.29, 1.82) is 0 Å². The van der Waals surface area contributed by atoms with Crippen LogP contribution in [0.1, 0.15) is 64.7 Å². The lowest BCUT2D eigenvalue weighted by Gasteiger charge is -2.37. The zero-order valence-corrected chi connectivity index (χ0v) is 18.6. The molecule has 0 saturated carbocycles. The Hall–Kier alpha value is -3.03. The lowest BCUT2D eigenvalue weighted by Crippen LogP contribution is -2.52. The molecule has 7 nitrogen and oxygen atoms in total. The van der Waals surface area contributed by atoms with Crippen LogP contribution in [0, 0.1) is 0 Å². The van der Waals surface area contributed by atoms with Gasteiger partial charge in [0.25, 0.3) is 5.91 Å². The van der Waals surface area contributed by atoms with Gasteiger partial charge in [-0.2, -0.15) is 0 Å². The number of aliphatic hydroxyl groups is 1. The number of hydrogen-bond donors (Lipinski definition) is 2. The highest BCUT2D eigenvalue weighted by Gasteiger charge is 2.39. The Balaban J connectivity index is 1.26. The van der Waals surface area contributed by atoms with E-state index in [0.29, 0.717) is 24.4 Å². The first kappa shape index (κ1) is 21.8. The van der Waals surface area contributed by atoms with E-state index < -0.39 is 6.04 Å². The van der Waals surface area contributed by atoms with Gasteiger partial charge in [0.15, 0.2) is 0 Å². The van der Waals surface area contributed by atoms with Gasteiger partial charge >= 0.3 is 0 Å². The molecule has 2 saturated heterocycles. The molecule has 7 heteroatoms. The molecule has 2 atom stereocenters. The molecule has 1 unspecified atom stereocenters. The number of fused-ring (bicyclic) bond motifs is 1. The molecule has 2 N–H and O–H groups in total. The molecule has 0 radical (unpaired) electrons. The maximum atomic E-state index is 12.9. The molecule has 2 aromatic rings. The maximum absolute atomic E-state index is 12.9. The molecule has 33 heavy (non-hydrogen) atoms. The summed E-state index contributed by atoms with van der Waals surface area (Å²) in [6.45, 7) is 2.33. The van der Waals surface area contributed by atoms with Gasteiger partial charge < -0.3 is 10.0 Å². The minimum atomic E-state index is -0.581. The van der Waals surface area contributed by atoms with E-state index in [4.69, 9.17) is 0 Å². The van der Waals surface area contributed by atoms with Crippen molar-refractivity contribution in [2.75, 3.05) is 19.7 Å². The molecule has 5 rings (SSSR count). The second-order valence-corrected chi connectivity index (χ2v) is 9.24. The summed E-state index contributed by atoms with van der Waals surface area (Å²) >= 11 is 0. The van der Waals surface area contributed by atoms with Crippen molar-refractivity contribution in [3.8, 4) is 0 Å². The maximum Gasteiger partial charge on any atom is 0.255 e. The molecule has 0 bridgehead atoms. The second kappa shape index (κ2) is 9.08. The van der Waals surface area contributed by atoms with E-state index in [0.717, 1.165) is 37.1 Å². The molecule has 0 aliphatic carbocycles. The smallest absolute Gasteiger partial charge is 0.255 e. The van der Waals surface area contributed by atoms with Crippen LogP contribution in [0.5, 0.6) is 0 Å². The van der Waals surface area contributed by atoms with Crippen molar-refractivity contribution in [2.45, 2.75) is 50.2 Å². The Labute approximate surface area is 193 Å². The summed E-state index contributed by atoms with van der Waals surface area (Å²) in [5.41, 5.74) is 3.99. The molecule has 3 heterocycles. The van der Waals surface area contributed by atoms with E-state index in [9.17, 15) is 19.5 Å². The molecule has 2 aromatic carbocycles. The number of hydrogen-bond acceptors (Lipinski definition) is 5. The number of aliphatic hydroxyl groups excluding tert-OH is 1. The van der Waals surface area contributed by atoms with Gasteiger partial charge in [-0.3, -0.25) is 24.6 Å². The van der Waals surface area contributed by atoms with Crippen LogP contribution in [0.2, 0.25) is 0 Å². The summed E-state index contributed by atoms with van der Waals surface area (Å²) < 4.78 is 0. The summed E-state index contributed by atoms with van der Waals surface area (Å²) in [6, 6.07) is 15.7. The first-order valence-corrected chi connectivity index (χ1v) is 11.7. The first-order valence-electron chi connectivity index (χ1n) is 11.7. The number of imide groups is 1. The van der Waals surface area contributed by atoms with Crippen LogP contribution in [-0.4, -0.2) is 58.4 Å². The van der Waals surface area contributed by atoms with Gasteiger partial charge in [0.2, 0.25) is 11.8 Å². The number of benzene rings is 2. The molecular formula is C26H29N3O4. The first-order chi connectivity index (χ1) is 16.0. The van der Waals surface area contributed by atoms with Crippen molar-refractivity contribution in [1.82, 2.24) is 15.1 Å². The second-order valence-electron chi connectivity index (χ2n) is 9.24. The lowest BCUT2D eigenvalue weighted by atomic mass is 9.87. The SMILES string of the molecule is O=C1CCC(N2Cc3cc(C4CCN([C@H](CO)c5ccccc5)CC4)ccc3C2=O)C(=O)N1. The van der Waals surface area contributed by atoms with Gasteiger partial charge in [0.1, 0.15) is 6.04 Å². The van der Waals surface area contributed by atoms with Crippen LogP contribution in [0.15, 0.2) is 48.5 Å². The number of carbonyl (C=O) groups is 3. The predicted molar refractivity (Wildman–Crippen MR) is 122 cm³/mol. The zero-order valence-electron chi connectivity index (χ0n) is 18.6. The van der Waals surface area contributed by atoms with Crippen LogP contribution in [0.4, 0.5) is 0 Å². The molecule has 3 amide bonds. The minimum Gasteiger partial charge on any atom is -0.394 e. The quantitative estimate of drug-likeness (QED) is 0.687. The third-order valence-electron chi connectivity index (χ3n) is 7.35. The van der Waals surface area contributed by atoms with Gasteiger partial charge in [-0.15, -0.1) is 0 Å². The summed E-state index contributed by atoms with van der Waals surface area (Å²) in [5, 5.41) is 12.3. The Morgan fingerprint density at radius 1 is 1.00 bits per heavy atom. The number of rotatable bonds is 5. The van der Waals surface area contributed by atoms with E-state index >= 15 is 0 Å². The number of nitrogens with one attached hydrogen (secondary N) is 1. The van der Waals surface area contributed by atoms with Crippen LogP contribution >= 0.6 is 0 Å². The predicted octanol–water partition coefficient (Wildman–Crippen LogP) is 2.36. The minimum absolute atomic E-state index is 0.0203. The van der Waals surface area contributed by atoms with Crippen LogP contribution in [0.3, 0.4) is 0 Å². The fourth-order valence-electron chi connectivity index (χ4n) is 5.50. The van der Waals surface area contributed by atoms with E-state index in [1.165, 1.54) is 5.56 Å². The van der Waals surface area contributed by atoms with Gasteiger partial charge in [0, 0.05) is 18.5 Å². The van der Waals surface area contributed by atoms with Crippen molar-refractivity contribution in [2.24, 2.45) is 0 Å². The fraction of sp³-hybridized carbons (Fsp3) is 0.423. The molecule has 2 fully saturated rings. The Morgan fingerprint density at radius 3 is 2.45 bits per heavy atom. The highest BCUT2D eigenvalue weighted by molar-refractivity contribution is 6.05. The van der Waals surface area contributed by atoms with Gasteiger partial charge in [-0.05, 0) is 61.0 Å². The average molecular weight is 448 g/mol. The van der Waals surface area contributed by atoms with E-state index in [-0.39, 0.29) is 36.8 Å². The van der Waals surface area contributed by atoms with E-state index in [1.54, 1.807) is 4.90 Å². The number of piperidine rings is 2. The third-order valence-corrected chi connectivity index (χ3v) is 7.35. The van der Waals surface area contributed by atoms with Crippen molar-refractivity contribution < 1.29 is 19.5 Å². The fourth-order valence-corrected chi connectivity index (χ4v) is 5.50. The molecule has 3 aliphatic rings. The number of nitrogens with zero attached hydrogens (tertiary/aromatic N) is 2. The van der Waals surface area contributed by atoms with Crippen molar-refractivity contribution >= 4 is 17.7 Å². The summed E-state index contributed by atoms with van der Waals surface area (Å²) in [7, 11) is 0. The highest BCUT2D eigenvalue weighted by atomic mass is 16.3. The summed E-state index contributed by atoms with van der Waals surface area (Å²) in [6.07, 6.45) is 2.63. The lowest BCUT2D eigenvalue weighted by molar-refractivity contribution is -0.136. The molecular weight excluding hydrogens is 418 g/mol. The highest BCUT2D eigenvalue weighted by Crippen LogP contribution is 2.35. The van der Waals surface area contributed by atoms with Crippen molar-refractivity contribution in [3.63, 3.8) is 0 Å². The van der Waals surface area contributed by atoms with Gasteiger partial charge in [-0.1, -0.05) is 42.5 Å². The Bertz CT molecular complexity index is 1060. The summed E-state index contributed by atoms with van der Waals surface area (Å²) in [4.78, 5) is 40.6. The average Bonchev–Trinajstić information content (AvgIpc) is 3.16. The van der Waals surface area contributed by atoms with Crippen LogP contribution < -0.4 is 5.32 Å².